The van der Waals surface area contributed by atoms with Gasteiger partial charge in [0.25, 0.3) is 0 Å². The highest BCUT2D eigenvalue weighted by Gasteiger charge is 2.14. The first-order chi connectivity index (χ1) is 14.1. The number of rotatable bonds is 9. The van der Waals surface area contributed by atoms with Crippen LogP contribution in [0.25, 0.3) is 11.0 Å². The number of carbonyl (C=O) groups excluding carboxylic acids is 1. The Morgan fingerprint density at radius 2 is 1.48 bits per heavy atom. The molecule has 1 amide bonds. The predicted molar refractivity (Wildman–Crippen MR) is 117 cm³/mol. The Hall–Kier alpha value is -2.86. The van der Waals surface area contributed by atoms with Crippen LogP contribution in [0.3, 0.4) is 0 Å². The van der Waals surface area contributed by atoms with Crippen molar-refractivity contribution in [1.82, 2.24) is 19.4 Å². The number of hydrogen-bond donors (Lipinski definition) is 1. The van der Waals surface area contributed by atoms with E-state index in [1.54, 1.807) is 9.13 Å². The summed E-state index contributed by atoms with van der Waals surface area (Å²) in [6.45, 7) is 10.3. The number of imidazole rings is 1. The fourth-order valence-electron chi connectivity index (χ4n) is 3.60. The molecule has 0 aliphatic carbocycles. The molecule has 0 bridgehead atoms. The first kappa shape index (κ1) is 20.9. The first-order valence-electron chi connectivity index (χ1n) is 10.3. The van der Waals surface area contributed by atoms with Gasteiger partial charge >= 0.3 is 5.69 Å². The van der Waals surface area contributed by atoms with Gasteiger partial charge in [-0.2, -0.15) is 0 Å². The minimum absolute atomic E-state index is 0.0202. The van der Waals surface area contributed by atoms with Gasteiger partial charge in [-0.25, -0.2) is 4.79 Å². The molecule has 0 aliphatic heterocycles. The molecule has 0 unspecified atom stereocenters. The lowest BCUT2D eigenvalue weighted by molar-refractivity contribution is -0.121. The van der Waals surface area contributed by atoms with Crippen LogP contribution in [0.2, 0.25) is 0 Å². The van der Waals surface area contributed by atoms with Gasteiger partial charge in [-0.05, 0) is 43.3 Å². The van der Waals surface area contributed by atoms with Crippen molar-refractivity contribution in [3.05, 3.63) is 70.1 Å². The van der Waals surface area contributed by atoms with Crippen LogP contribution in [0.4, 0.5) is 0 Å². The van der Waals surface area contributed by atoms with Gasteiger partial charge < -0.3 is 5.32 Å². The fourth-order valence-corrected chi connectivity index (χ4v) is 3.60. The number of fused-ring (bicyclic) bond motifs is 1. The van der Waals surface area contributed by atoms with Gasteiger partial charge in [0.2, 0.25) is 5.91 Å². The Balaban J connectivity index is 1.63. The second-order valence-corrected chi connectivity index (χ2v) is 7.16. The lowest BCUT2D eigenvalue weighted by Crippen LogP contribution is -2.32. The molecule has 0 saturated carbocycles. The van der Waals surface area contributed by atoms with E-state index in [9.17, 15) is 9.59 Å². The Morgan fingerprint density at radius 3 is 2.07 bits per heavy atom. The van der Waals surface area contributed by atoms with E-state index in [1.165, 1.54) is 5.56 Å². The normalized spacial score (nSPS) is 11.3. The molecule has 1 N–H and O–H groups in total. The predicted octanol–water partition coefficient (Wildman–Crippen LogP) is 2.98. The summed E-state index contributed by atoms with van der Waals surface area (Å²) in [5.74, 6) is -0.168. The molecule has 2 aromatic carbocycles. The minimum Gasteiger partial charge on any atom is -0.350 e. The number of amides is 1. The molecule has 154 valence electrons. The smallest absolute Gasteiger partial charge is 0.329 e. The van der Waals surface area contributed by atoms with Crippen LogP contribution in [0.15, 0.2) is 53.3 Å². The van der Waals surface area contributed by atoms with Crippen molar-refractivity contribution in [2.45, 2.75) is 47.0 Å². The van der Waals surface area contributed by atoms with Gasteiger partial charge in [-0.1, -0.05) is 50.2 Å². The standard InChI is InChI=1S/C23H30N4O2/c1-4-25(5-2)16-19-13-11-18(12-14-19)15-24-22(28)17-27-21-10-8-7-9-20(21)26(6-3)23(27)29/h7-14H,4-6,15-17H2,1-3H3,(H,24,28). The van der Waals surface area contributed by atoms with E-state index < -0.39 is 0 Å². The monoisotopic (exact) mass is 394 g/mol. The number of hydrogen-bond acceptors (Lipinski definition) is 3. The van der Waals surface area contributed by atoms with E-state index in [-0.39, 0.29) is 18.1 Å². The zero-order chi connectivity index (χ0) is 20.8. The maximum Gasteiger partial charge on any atom is 0.329 e. The molecular weight excluding hydrogens is 364 g/mol. The quantitative estimate of drug-likeness (QED) is 0.607. The van der Waals surface area contributed by atoms with Crippen molar-refractivity contribution in [2.75, 3.05) is 13.1 Å². The summed E-state index contributed by atoms with van der Waals surface area (Å²) in [7, 11) is 0. The van der Waals surface area contributed by atoms with Crippen LogP contribution in [0.1, 0.15) is 31.9 Å². The molecule has 3 rings (SSSR count). The van der Waals surface area contributed by atoms with Crippen LogP contribution < -0.4 is 11.0 Å². The second-order valence-electron chi connectivity index (χ2n) is 7.16. The molecule has 0 spiro atoms. The highest BCUT2D eigenvalue weighted by molar-refractivity contribution is 5.80. The molecular formula is C23H30N4O2. The lowest BCUT2D eigenvalue weighted by Gasteiger charge is -2.18. The third-order valence-electron chi connectivity index (χ3n) is 5.36. The van der Waals surface area contributed by atoms with Gasteiger partial charge in [0.1, 0.15) is 6.54 Å². The van der Waals surface area contributed by atoms with Gasteiger partial charge in [0.05, 0.1) is 11.0 Å². The Labute approximate surface area is 171 Å². The second kappa shape index (κ2) is 9.56. The maximum absolute atomic E-state index is 12.6. The third kappa shape index (κ3) is 4.77. The molecule has 3 aromatic rings. The first-order valence-corrected chi connectivity index (χ1v) is 10.3. The summed E-state index contributed by atoms with van der Waals surface area (Å²) in [4.78, 5) is 27.5. The van der Waals surface area contributed by atoms with E-state index >= 15 is 0 Å². The molecule has 0 fully saturated rings. The highest BCUT2D eigenvalue weighted by Crippen LogP contribution is 2.12. The van der Waals surface area contributed by atoms with Crippen LogP contribution >= 0.6 is 0 Å². The molecule has 29 heavy (non-hydrogen) atoms. The molecule has 6 nitrogen and oxygen atoms in total. The van der Waals surface area contributed by atoms with E-state index in [1.807, 2.05) is 43.3 Å². The van der Waals surface area contributed by atoms with Gasteiger partial charge in [0.15, 0.2) is 0 Å². The number of aromatic nitrogens is 2. The summed E-state index contributed by atoms with van der Waals surface area (Å²) in [6, 6.07) is 15.9. The summed E-state index contributed by atoms with van der Waals surface area (Å²) in [6.07, 6.45) is 0. The highest BCUT2D eigenvalue weighted by atomic mass is 16.2. The van der Waals surface area contributed by atoms with Crippen molar-refractivity contribution in [3.63, 3.8) is 0 Å². The van der Waals surface area contributed by atoms with Crippen molar-refractivity contribution < 1.29 is 4.79 Å². The van der Waals surface area contributed by atoms with Crippen molar-refractivity contribution in [3.8, 4) is 0 Å². The van der Waals surface area contributed by atoms with Gasteiger partial charge in [0, 0.05) is 19.6 Å². The molecule has 0 atom stereocenters. The topological polar surface area (TPSA) is 59.3 Å². The van der Waals surface area contributed by atoms with Crippen LogP contribution in [0, 0.1) is 0 Å². The van der Waals surface area contributed by atoms with E-state index in [0.29, 0.717) is 13.1 Å². The summed E-state index contributed by atoms with van der Waals surface area (Å²) < 4.78 is 3.23. The third-order valence-corrected chi connectivity index (χ3v) is 5.36. The van der Waals surface area contributed by atoms with Crippen LogP contribution in [-0.2, 0) is 31.0 Å². The number of para-hydroxylation sites is 2. The number of nitrogens with one attached hydrogen (secondary N) is 1. The number of benzene rings is 2. The molecule has 0 aliphatic rings. The maximum atomic E-state index is 12.6. The Bertz CT molecular complexity index is 1010. The fraction of sp³-hybridized carbons (Fsp3) is 0.391. The minimum atomic E-state index is -0.168. The largest absolute Gasteiger partial charge is 0.350 e. The van der Waals surface area contributed by atoms with Gasteiger partial charge in [-0.3, -0.25) is 18.8 Å². The van der Waals surface area contributed by atoms with Crippen LogP contribution in [0.5, 0.6) is 0 Å². The summed E-state index contributed by atoms with van der Waals surface area (Å²) in [5.41, 5.74) is 3.81. The van der Waals surface area contributed by atoms with Crippen molar-refractivity contribution in [2.24, 2.45) is 0 Å². The number of aryl methyl sites for hydroxylation is 1. The Kier molecular flexibility index (Phi) is 6.88. The molecule has 1 heterocycles. The zero-order valence-corrected chi connectivity index (χ0v) is 17.5. The molecule has 1 aromatic heterocycles. The average molecular weight is 395 g/mol. The van der Waals surface area contributed by atoms with Crippen molar-refractivity contribution in [1.29, 1.82) is 0 Å². The number of nitrogens with zero attached hydrogens (tertiary/aromatic N) is 3. The van der Waals surface area contributed by atoms with Gasteiger partial charge in [-0.15, -0.1) is 0 Å². The number of carbonyl (C=O) groups is 1. The van der Waals surface area contributed by atoms with Crippen LogP contribution in [-0.4, -0.2) is 33.0 Å². The summed E-state index contributed by atoms with van der Waals surface area (Å²) in [5, 5.41) is 2.93. The summed E-state index contributed by atoms with van der Waals surface area (Å²) >= 11 is 0. The molecule has 0 saturated heterocycles. The van der Waals surface area contributed by atoms with E-state index in [2.05, 4.69) is 36.2 Å². The lowest BCUT2D eigenvalue weighted by atomic mass is 10.1. The zero-order valence-electron chi connectivity index (χ0n) is 17.5. The van der Waals surface area contributed by atoms with E-state index in [0.717, 1.165) is 36.2 Å². The Morgan fingerprint density at radius 1 is 0.897 bits per heavy atom. The molecule has 6 heteroatoms. The molecule has 0 radical (unpaired) electrons. The average Bonchev–Trinajstić information content (AvgIpc) is 3.02. The SMILES string of the molecule is CCN(CC)Cc1ccc(CNC(=O)Cn2c(=O)n(CC)c3ccccc32)cc1. The van der Waals surface area contributed by atoms with E-state index in [4.69, 9.17) is 0 Å². The van der Waals surface area contributed by atoms with Crippen molar-refractivity contribution >= 4 is 16.9 Å².